The molecule has 5 rings (SSSR count). The second kappa shape index (κ2) is 6.26. The molecule has 0 saturated heterocycles. The highest BCUT2D eigenvalue weighted by Crippen LogP contribution is 2.42. The Kier molecular flexibility index (Phi) is 3.87. The molecule has 0 saturated carbocycles. The largest absolute Gasteiger partial charge is 0.416 e. The van der Waals surface area contributed by atoms with Crippen LogP contribution < -0.4 is 4.31 Å². The molecule has 11 heteroatoms. The fourth-order valence-electron chi connectivity index (χ4n) is 3.55. The first-order valence-corrected chi connectivity index (χ1v) is 10.2. The van der Waals surface area contributed by atoms with Crippen LogP contribution in [0.2, 0.25) is 0 Å². The highest BCUT2D eigenvalue weighted by molar-refractivity contribution is 7.93. The van der Waals surface area contributed by atoms with Gasteiger partial charge in [0, 0.05) is 5.39 Å². The van der Waals surface area contributed by atoms with Gasteiger partial charge in [0.25, 0.3) is 10.0 Å². The van der Waals surface area contributed by atoms with Crippen molar-refractivity contribution in [2.24, 2.45) is 0 Å². The van der Waals surface area contributed by atoms with Gasteiger partial charge in [0.1, 0.15) is 0 Å². The van der Waals surface area contributed by atoms with Gasteiger partial charge < -0.3 is 0 Å². The summed E-state index contributed by atoms with van der Waals surface area (Å²) in [4.78, 5) is 0.198. The molecule has 0 N–H and O–H groups in total. The molecule has 152 valence electrons. The summed E-state index contributed by atoms with van der Waals surface area (Å²) in [6.45, 7) is -0.176. The number of hydrogen-bond acceptors (Lipinski definition) is 5. The fourth-order valence-corrected chi connectivity index (χ4v) is 5.22. The van der Waals surface area contributed by atoms with Crippen LogP contribution in [0.3, 0.4) is 0 Å². The number of sulfonamides is 1. The average molecular weight is 431 g/mol. The van der Waals surface area contributed by atoms with Gasteiger partial charge >= 0.3 is 6.18 Å². The van der Waals surface area contributed by atoms with Gasteiger partial charge in [-0.25, -0.2) is 8.42 Å². The number of aromatic nitrogens is 4. The molecule has 0 bridgehead atoms. The lowest BCUT2D eigenvalue weighted by Crippen LogP contribution is -2.28. The van der Waals surface area contributed by atoms with Gasteiger partial charge in [-0.3, -0.25) is 4.31 Å². The summed E-state index contributed by atoms with van der Waals surface area (Å²) >= 11 is 0. The Labute approximate surface area is 168 Å². The molecule has 0 fully saturated rings. The fraction of sp³-hybridized carbons (Fsp3) is 0.105. The minimum atomic E-state index is -4.46. The SMILES string of the molecule is O=S1(=O)c2cccc3cccc(c23)N1Cc1nnnn1-c1ccc(C(F)(F)F)cc1. The zero-order valence-electron chi connectivity index (χ0n) is 15.1. The quantitative estimate of drug-likeness (QED) is 0.496. The maximum atomic E-state index is 13.1. The third-order valence-electron chi connectivity index (χ3n) is 4.94. The van der Waals surface area contributed by atoms with E-state index in [0.717, 1.165) is 17.5 Å². The highest BCUT2D eigenvalue weighted by atomic mass is 32.2. The molecule has 4 aromatic rings. The monoisotopic (exact) mass is 431 g/mol. The topological polar surface area (TPSA) is 81.0 Å². The second-order valence-corrected chi connectivity index (χ2v) is 8.53. The molecule has 30 heavy (non-hydrogen) atoms. The van der Waals surface area contributed by atoms with Crippen molar-refractivity contribution in [2.45, 2.75) is 17.6 Å². The van der Waals surface area contributed by atoms with Crippen LogP contribution in [0, 0.1) is 0 Å². The zero-order valence-corrected chi connectivity index (χ0v) is 15.9. The van der Waals surface area contributed by atoms with Gasteiger partial charge in [-0.15, -0.1) is 5.10 Å². The number of anilines is 1. The Morgan fingerprint density at radius 2 is 1.63 bits per heavy atom. The predicted octanol–water partition coefficient (Wildman–Crippen LogP) is 3.54. The Hall–Kier alpha value is -3.47. The molecule has 0 atom stereocenters. The smallest absolute Gasteiger partial charge is 0.258 e. The second-order valence-electron chi connectivity index (χ2n) is 6.69. The molecule has 0 unspecified atom stereocenters. The summed E-state index contributed by atoms with van der Waals surface area (Å²) in [7, 11) is -3.82. The number of tetrazole rings is 1. The molecule has 0 aliphatic carbocycles. The third kappa shape index (κ3) is 2.73. The Bertz CT molecular complexity index is 1380. The van der Waals surface area contributed by atoms with E-state index in [1.54, 1.807) is 24.3 Å². The number of nitrogens with zero attached hydrogens (tertiary/aromatic N) is 5. The van der Waals surface area contributed by atoms with Crippen molar-refractivity contribution < 1.29 is 21.6 Å². The first-order chi connectivity index (χ1) is 14.3. The zero-order chi connectivity index (χ0) is 21.1. The Morgan fingerprint density at radius 3 is 2.33 bits per heavy atom. The van der Waals surface area contributed by atoms with Gasteiger partial charge in [0.15, 0.2) is 5.82 Å². The molecule has 0 amide bonds. The standard InChI is InChI=1S/C19H12F3N5O2S/c20-19(21,22)13-7-9-14(10-8-13)27-17(23-24-25-27)11-26-15-5-1-3-12-4-2-6-16(18(12)15)30(26,28)29/h1-10H,11H2. The van der Waals surface area contributed by atoms with E-state index in [1.807, 2.05) is 12.1 Å². The van der Waals surface area contributed by atoms with Gasteiger partial charge in [0.2, 0.25) is 0 Å². The van der Waals surface area contributed by atoms with Gasteiger partial charge in [-0.05, 0) is 52.2 Å². The molecule has 1 aliphatic heterocycles. The number of alkyl halides is 3. The maximum absolute atomic E-state index is 13.1. The lowest BCUT2D eigenvalue weighted by Gasteiger charge is -2.18. The Morgan fingerprint density at radius 1 is 0.933 bits per heavy atom. The van der Waals surface area contributed by atoms with E-state index in [2.05, 4.69) is 15.5 Å². The van der Waals surface area contributed by atoms with Crippen LogP contribution >= 0.6 is 0 Å². The van der Waals surface area contributed by atoms with Crippen molar-refractivity contribution in [3.63, 3.8) is 0 Å². The van der Waals surface area contributed by atoms with Crippen LogP contribution in [0.5, 0.6) is 0 Å². The number of rotatable bonds is 3. The molecule has 0 spiro atoms. The average Bonchev–Trinajstić information content (AvgIpc) is 3.26. The van der Waals surface area contributed by atoms with Crippen LogP contribution in [0.25, 0.3) is 16.5 Å². The first kappa shape index (κ1) is 18.6. The normalized spacial score (nSPS) is 15.1. The predicted molar refractivity (Wildman–Crippen MR) is 101 cm³/mol. The van der Waals surface area contributed by atoms with Crippen molar-refractivity contribution in [2.75, 3.05) is 4.31 Å². The summed E-state index contributed by atoms with van der Waals surface area (Å²) in [5, 5.41) is 12.7. The maximum Gasteiger partial charge on any atom is 0.416 e. The number of halogens is 3. The van der Waals surface area contributed by atoms with Gasteiger partial charge in [-0.1, -0.05) is 24.3 Å². The molecule has 7 nitrogen and oxygen atoms in total. The van der Waals surface area contributed by atoms with Gasteiger partial charge in [-0.2, -0.15) is 17.9 Å². The summed E-state index contributed by atoms with van der Waals surface area (Å²) < 4.78 is 67.1. The van der Waals surface area contributed by atoms with Crippen LogP contribution in [-0.2, 0) is 22.7 Å². The van der Waals surface area contributed by atoms with E-state index >= 15 is 0 Å². The summed E-state index contributed by atoms with van der Waals surface area (Å²) in [6.07, 6.45) is -4.46. The van der Waals surface area contributed by atoms with Crippen molar-refractivity contribution in [1.82, 2.24) is 20.2 Å². The van der Waals surface area contributed by atoms with E-state index < -0.39 is 21.8 Å². The molecule has 2 heterocycles. The molecule has 3 aromatic carbocycles. The summed E-state index contributed by atoms with van der Waals surface area (Å²) in [5.74, 6) is 0.170. The molecule has 0 radical (unpaired) electrons. The van der Waals surface area contributed by atoms with Crippen LogP contribution in [0.1, 0.15) is 11.4 Å². The van der Waals surface area contributed by atoms with E-state index in [0.29, 0.717) is 11.1 Å². The van der Waals surface area contributed by atoms with Crippen LogP contribution in [0.15, 0.2) is 65.6 Å². The highest BCUT2D eigenvalue weighted by Gasteiger charge is 2.36. The molecular formula is C19H12F3N5O2S. The van der Waals surface area contributed by atoms with E-state index in [-0.39, 0.29) is 23.0 Å². The Balaban J connectivity index is 1.55. The van der Waals surface area contributed by atoms with Crippen LogP contribution in [0.4, 0.5) is 18.9 Å². The first-order valence-electron chi connectivity index (χ1n) is 8.76. The minimum absolute atomic E-state index is 0.170. The lowest BCUT2D eigenvalue weighted by atomic mass is 10.1. The molecular weight excluding hydrogens is 419 g/mol. The van der Waals surface area contributed by atoms with Crippen molar-refractivity contribution >= 4 is 26.5 Å². The van der Waals surface area contributed by atoms with E-state index in [9.17, 15) is 21.6 Å². The summed E-state index contributed by atoms with van der Waals surface area (Å²) in [6, 6.07) is 14.6. The van der Waals surface area contributed by atoms with Crippen LogP contribution in [-0.4, -0.2) is 28.6 Å². The number of hydrogen-bond donors (Lipinski definition) is 0. The van der Waals surface area contributed by atoms with E-state index in [4.69, 9.17) is 0 Å². The van der Waals surface area contributed by atoms with Gasteiger partial charge in [0.05, 0.1) is 28.4 Å². The minimum Gasteiger partial charge on any atom is -0.258 e. The third-order valence-corrected chi connectivity index (χ3v) is 6.74. The van der Waals surface area contributed by atoms with Crippen molar-refractivity contribution in [3.05, 3.63) is 72.1 Å². The lowest BCUT2D eigenvalue weighted by molar-refractivity contribution is -0.137. The number of benzene rings is 3. The van der Waals surface area contributed by atoms with Crippen molar-refractivity contribution in [3.8, 4) is 5.69 Å². The molecule has 1 aromatic heterocycles. The summed E-state index contributed by atoms with van der Waals surface area (Å²) in [5.41, 5.74) is -0.00879. The molecule has 1 aliphatic rings. The van der Waals surface area contributed by atoms with E-state index in [1.165, 1.54) is 21.1 Å². The van der Waals surface area contributed by atoms with Crippen molar-refractivity contribution in [1.29, 1.82) is 0 Å².